The first-order valence-electron chi connectivity index (χ1n) is 8.59. The lowest BCUT2D eigenvalue weighted by atomic mass is 10.0. The fraction of sp³-hybridized carbons (Fsp3) is 0.421. The number of aromatic nitrogens is 3. The number of H-pyrrole nitrogens is 1. The maximum atomic E-state index is 12.9. The summed E-state index contributed by atoms with van der Waals surface area (Å²) in [6.07, 6.45) is 0. The topological polar surface area (TPSA) is 70.7 Å². The number of amides is 1. The van der Waals surface area contributed by atoms with Crippen molar-refractivity contribution in [2.24, 2.45) is 5.92 Å². The van der Waals surface area contributed by atoms with Crippen LogP contribution in [-0.2, 0) is 0 Å². The van der Waals surface area contributed by atoms with Gasteiger partial charge in [0.1, 0.15) is 11.5 Å². The quantitative estimate of drug-likeness (QED) is 0.703. The van der Waals surface area contributed by atoms with Crippen LogP contribution in [0.4, 0.5) is 0 Å². The first-order chi connectivity index (χ1) is 11.9. The number of thiazole rings is 1. The number of fused-ring (bicyclic) bond motifs is 1. The van der Waals surface area contributed by atoms with Gasteiger partial charge in [-0.05, 0) is 30.9 Å². The normalized spacial score (nSPS) is 12.9. The van der Waals surface area contributed by atoms with E-state index in [1.807, 2.05) is 31.2 Å². The highest BCUT2D eigenvalue weighted by molar-refractivity contribution is 7.12. The molecule has 6 heteroatoms. The van der Waals surface area contributed by atoms with Crippen LogP contribution >= 0.6 is 11.3 Å². The molecular formula is C19H24N4OS. The molecule has 0 aliphatic rings. The molecule has 0 fully saturated rings. The summed E-state index contributed by atoms with van der Waals surface area (Å²) in [4.78, 5) is 26.4. The number of nitrogens with one attached hydrogen (secondary N) is 2. The number of para-hydroxylation sites is 2. The summed E-state index contributed by atoms with van der Waals surface area (Å²) in [5.74, 6) is 1.12. The van der Waals surface area contributed by atoms with Crippen molar-refractivity contribution in [3.05, 3.63) is 45.7 Å². The lowest BCUT2D eigenvalue weighted by Crippen LogP contribution is -2.33. The van der Waals surface area contributed by atoms with Crippen molar-refractivity contribution >= 4 is 28.3 Å². The van der Waals surface area contributed by atoms with Crippen molar-refractivity contribution in [1.29, 1.82) is 0 Å². The van der Waals surface area contributed by atoms with Crippen LogP contribution in [-0.4, -0.2) is 20.9 Å². The van der Waals surface area contributed by atoms with Gasteiger partial charge < -0.3 is 10.3 Å². The summed E-state index contributed by atoms with van der Waals surface area (Å²) in [5.41, 5.74) is 2.42. The van der Waals surface area contributed by atoms with Crippen LogP contribution in [0.5, 0.6) is 0 Å². The molecule has 3 rings (SSSR count). The van der Waals surface area contributed by atoms with Crippen LogP contribution in [0.15, 0.2) is 24.3 Å². The predicted molar refractivity (Wildman–Crippen MR) is 102 cm³/mol. The number of imidazole rings is 1. The van der Waals surface area contributed by atoms with E-state index in [-0.39, 0.29) is 23.8 Å². The average molecular weight is 356 g/mol. The molecular weight excluding hydrogens is 332 g/mol. The SMILES string of the molecule is Cc1nc(C(=O)N[C@@H](c2nc3ccccc3[nH]2)C(C)C)c(C(C)C)s1. The van der Waals surface area contributed by atoms with E-state index in [0.717, 1.165) is 26.7 Å². The highest BCUT2D eigenvalue weighted by Gasteiger charge is 2.26. The molecule has 3 aromatic rings. The molecule has 5 nitrogen and oxygen atoms in total. The Bertz CT molecular complexity index is 861. The zero-order valence-electron chi connectivity index (χ0n) is 15.3. The minimum Gasteiger partial charge on any atom is -0.340 e. The second-order valence-corrected chi connectivity index (χ2v) is 8.17. The first-order valence-corrected chi connectivity index (χ1v) is 9.41. The molecule has 0 saturated carbocycles. The molecule has 1 amide bonds. The van der Waals surface area contributed by atoms with Crippen LogP contribution in [0.2, 0.25) is 0 Å². The van der Waals surface area contributed by atoms with Gasteiger partial charge in [0.2, 0.25) is 0 Å². The first kappa shape index (κ1) is 17.6. The average Bonchev–Trinajstić information content (AvgIpc) is 3.15. The van der Waals surface area contributed by atoms with Gasteiger partial charge in [-0.1, -0.05) is 39.8 Å². The molecule has 132 valence electrons. The lowest BCUT2D eigenvalue weighted by Gasteiger charge is -2.20. The molecule has 2 heterocycles. The smallest absolute Gasteiger partial charge is 0.271 e. The largest absolute Gasteiger partial charge is 0.340 e. The highest BCUT2D eigenvalue weighted by atomic mass is 32.1. The molecule has 0 aliphatic heterocycles. The van der Waals surface area contributed by atoms with Crippen molar-refractivity contribution in [2.75, 3.05) is 0 Å². The zero-order valence-corrected chi connectivity index (χ0v) is 16.1. The lowest BCUT2D eigenvalue weighted by molar-refractivity contribution is 0.0917. The molecule has 1 atom stereocenters. The maximum Gasteiger partial charge on any atom is 0.271 e. The number of benzene rings is 1. The Balaban J connectivity index is 1.91. The second kappa shape index (κ2) is 6.96. The third-order valence-electron chi connectivity index (χ3n) is 4.16. The number of rotatable bonds is 5. The molecule has 1 aromatic carbocycles. The third kappa shape index (κ3) is 3.58. The van der Waals surface area contributed by atoms with E-state index in [0.29, 0.717) is 5.69 Å². The van der Waals surface area contributed by atoms with E-state index in [2.05, 4.69) is 48.0 Å². The number of aryl methyl sites for hydroxylation is 1. The van der Waals surface area contributed by atoms with Gasteiger partial charge in [-0.2, -0.15) is 0 Å². The van der Waals surface area contributed by atoms with Gasteiger partial charge in [-0.25, -0.2) is 9.97 Å². The molecule has 0 aliphatic carbocycles. The number of carbonyl (C=O) groups excluding carboxylic acids is 1. The van der Waals surface area contributed by atoms with Crippen molar-refractivity contribution in [3.8, 4) is 0 Å². The Morgan fingerprint density at radius 1 is 1.16 bits per heavy atom. The summed E-state index contributed by atoms with van der Waals surface area (Å²) >= 11 is 1.59. The van der Waals surface area contributed by atoms with Gasteiger partial charge in [-0.15, -0.1) is 11.3 Å². The molecule has 2 aromatic heterocycles. The summed E-state index contributed by atoms with van der Waals surface area (Å²) < 4.78 is 0. The zero-order chi connectivity index (χ0) is 18.1. The minimum atomic E-state index is -0.193. The van der Waals surface area contributed by atoms with Gasteiger partial charge >= 0.3 is 0 Å². The summed E-state index contributed by atoms with van der Waals surface area (Å²) in [6.45, 7) is 10.3. The van der Waals surface area contributed by atoms with E-state index in [9.17, 15) is 4.79 Å². The van der Waals surface area contributed by atoms with E-state index < -0.39 is 0 Å². The number of aromatic amines is 1. The van der Waals surface area contributed by atoms with Gasteiger partial charge in [-0.3, -0.25) is 4.79 Å². The number of carbonyl (C=O) groups is 1. The second-order valence-electron chi connectivity index (χ2n) is 6.93. The van der Waals surface area contributed by atoms with Crippen molar-refractivity contribution < 1.29 is 4.79 Å². The molecule has 0 bridgehead atoms. The summed E-state index contributed by atoms with van der Waals surface area (Å²) in [6, 6.07) is 7.70. The number of nitrogens with zero attached hydrogens (tertiary/aromatic N) is 2. The maximum absolute atomic E-state index is 12.9. The van der Waals surface area contributed by atoms with Crippen molar-refractivity contribution in [3.63, 3.8) is 0 Å². The van der Waals surface area contributed by atoms with Crippen LogP contribution in [0.1, 0.15) is 65.9 Å². The van der Waals surface area contributed by atoms with Crippen LogP contribution in [0.3, 0.4) is 0 Å². The molecule has 0 radical (unpaired) electrons. The molecule has 0 unspecified atom stereocenters. The van der Waals surface area contributed by atoms with Crippen LogP contribution < -0.4 is 5.32 Å². The molecule has 0 saturated heterocycles. The van der Waals surface area contributed by atoms with Gasteiger partial charge in [0.15, 0.2) is 0 Å². The monoisotopic (exact) mass is 356 g/mol. The van der Waals surface area contributed by atoms with E-state index in [4.69, 9.17) is 0 Å². The third-order valence-corrected chi connectivity index (χ3v) is 5.43. The van der Waals surface area contributed by atoms with Crippen molar-refractivity contribution in [1.82, 2.24) is 20.3 Å². The van der Waals surface area contributed by atoms with Gasteiger partial charge in [0.05, 0.1) is 22.1 Å². The Morgan fingerprint density at radius 2 is 1.88 bits per heavy atom. The molecule has 0 spiro atoms. The van der Waals surface area contributed by atoms with Crippen LogP contribution in [0.25, 0.3) is 11.0 Å². The highest BCUT2D eigenvalue weighted by Crippen LogP contribution is 2.28. The summed E-state index contributed by atoms with van der Waals surface area (Å²) in [7, 11) is 0. The van der Waals surface area contributed by atoms with E-state index >= 15 is 0 Å². The Morgan fingerprint density at radius 3 is 2.52 bits per heavy atom. The van der Waals surface area contributed by atoms with Gasteiger partial charge in [0.25, 0.3) is 5.91 Å². The van der Waals surface area contributed by atoms with Crippen molar-refractivity contribution in [2.45, 2.75) is 46.6 Å². The summed E-state index contributed by atoms with van der Waals surface area (Å²) in [5, 5.41) is 4.05. The Hall–Kier alpha value is -2.21. The number of hydrogen-bond donors (Lipinski definition) is 2. The Labute approximate surface area is 151 Å². The minimum absolute atomic E-state index is 0.132. The van der Waals surface area contributed by atoms with Crippen LogP contribution in [0, 0.1) is 12.8 Å². The van der Waals surface area contributed by atoms with E-state index in [1.165, 1.54) is 0 Å². The predicted octanol–water partition coefficient (Wildman–Crippen LogP) is 4.58. The fourth-order valence-electron chi connectivity index (χ4n) is 2.88. The Kier molecular flexibility index (Phi) is 4.90. The number of hydrogen-bond acceptors (Lipinski definition) is 4. The molecule has 25 heavy (non-hydrogen) atoms. The standard InChI is InChI=1S/C19H24N4OS/c1-10(2)15(18-21-13-8-6-7-9-14(13)22-18)23-19(24)16-17(11(3)4)25-12(5)20-16/h6-11,15H,1-5H3,(H,21,22)(H,23,24)/t15-/m1/s1. The van der Waals surface area contributed by atoms with Gasteiger partial charge in [0, 0.05) is 4.88 Å². The molecule has 2 N–H and O–H groups in total. The fourth-order valence-corrected chi connectivity index (χ4v) is 3.80. The van der Waals surface area contributed by atoms with E-state index in [1.54, 1.807) is 11.3 Å².